The van der Waals surface area contributed by atoms with Crippen LogP contribution in [0.2, 0.25) is 10.0 Å². The topological polar surface area (TPSA) is 65.1 Å². The molecule has 0 unspecified atom stereocenters. The number of thioether (sulfide) groups is 1. The van der Waals surface area contributed by atoms with E-state index >= 15 is 0 Å². The fraction of sp³-hybridized carbons (Fsp3) is 0.304. The fourth-order valence-electron chi connectivity index (χ4n) is 3.44. The zero-order valence-corrected chi connectivity index (χ0v) is 20.0. The van der Waals surface area contributed by atoms with Crippen LogP contribution in [0.25, 0.3) is 17.0 Å². The fourth-order valence-corrected chi connectivity index (χ4v) is 4.59. The lowest BCUT2D eigenvalue weighted by Crippen LogP contribution is -2.15. The number of fused-ring (bicyclic) bond motifs is 1. The van der Waals surface area contributed by atoms with Crippen LogP contribution in [-0.4, -0.2) is 24.1 Å². The van der Waals surface area contributed by atoms with Crippen molar-refractivity contribution in [2.45, 2.75) is 50.1 Å². The molecular formula is C23H23Cl2N5OS. The Labute approximate surface area is 200 Å². The zero-order valence-electron chi connectivity index (χ0n) is 17.7. The second kappa shape index (κ2) is 10.5. The highest BCUT2D eigenvalue weighted by molar-refractivity contribution is 7.98. The van der Waals surface area contributed by atoms with Crippen molar-refractivity contribution in [2.75, 3.05) is 0 Å². The van der Waals surface area contributed by atoms with Crippen LogP contribution in [0.4, 0.5) is 0 Å². The van der Waals surface area contributed by atoms with E-state index in [0.29, 0.717) is 27.1 Å². The highest BCUT2D eigenvalue weighted by atomic mass is 35.5. The third-order valence-electron chi connectivity index (χ3n) is 5.08. The molecule has 0 spiro atoms. The minimum Gasteiger partial charge on any atom is -0.302 e. The molecule has 3 aromatic heterocycles. The van der Waals surface area contributed by atoms with E-state index in [1.165, 1.54) is 29.0 Å². The molecule has 0 aliphatic rings. The average molecular weight is 488 g/mol. The largest absolute Gasteiger partial charge is 0.302 e. The van der Waals surface area contributed by atoms with Crippen LogP contribution in [0.1, 0.15) is 38.3 Å². The van der Waals surface area contributed by atoms with Crippen molar-refractivity contribution in [1.29, 1.82) is 0 Å². The smallest absolute Gasteiger partial charge is 0.258 e. The van der Waals surface area contributed by atoms with Crippen molar-refractivity contribution in [3.63, 3.8) is 0 Å². The average Bonchev–Trinajstić information content (AvgIpc) is 3.19. The maximum absolute atomic E-state index is 12.5. The predicted octanol–water partition coefficient (Wildman–Crippen LogP) is 6.13. The number of pyridine rings is 1. The Morgan fingerprint density at radius 3 is 2.53 bits per heavy atom. The van der Waals surface area contributed by atoms with Crippen molar-refractivity contribution >= 4 is 40.6 Å². The lowest BCUT2D eigenvalue weighted by Gasteiger charge is -2.10. The molecule has 0 N–H and O–H groups in total. The van der Waals surface area contributed by atoms with Crippen LogP contribution >= 0.6 is 35.0 Å². The normalized spacial score (nSPS) is 11.3. The van der Waals surface area contributed by atoms with Gasteiger partial charge >= 0.3 is 0 Å². The standard InChI is InChI=1S/C23H23Cl2N5OS/c1-2-3-4-5-12-29-22(16-6-8-17(24)9-7-16)27-28-23(29)32-15-19-13-21(31)30-14-18(25)10-11-20(30)26-19/h6-11,13-14H,2-5,12,15H2,1H3. The van der Waals surface area contributed by atoms with Gasteiger partial charge in [-0.1, -0.05) is 61.1 Å². The minimum absolute atomic E-state index is 0.156. The van der Waals surface area contributed by atoms with Gasteiger partial charge in [-0.05, 0) is 42.8 Å². The number of benzene rings is 1. The molecule has 0 aliphatic heterocycles. The van der Waals surface area contributed by atoms with Crippen LogP contribution in [0.15, 0.2) is 58.6 Å². The monoisotopic (exact) mass is 487 g/mol. The predicted molar refractivity (Wildman–Crippen MR) is 131 cm³/mol. The van der Waals surface area contributed by atoms with E-state index in [9.17, 15) is 4.79 Å². The van der Waals surface area contributed by atoms with Crippen molar-refractivity contribution in [3.8, 4) is 11.4 Å². The Balaban J connectivity index is 1.58. The van der Waals surface area contributed by atoms with E-state index in [1.807, 2.05) is 24.3 Å². The second-order valence-electron chi connectivity index (χ2n) is 7.48. The van der Waals surface area contributed by atoms with Crippen LogP contribution < -0.4 is 5.56 Å². The summed E-state index contributed by atoms with van der Waals surface area (Å²) in [4.78, 5) is 17.1. The molecular weight excluding hydrogens is 465 g/mol. The maximum Gasteiger partial charge on any atom is 0.258 e. The Hall–Kier alpha value is -2.35. The van der Waals surface area contributed by atoms with Crippen molar-refractivity contribution in [1.82, 2.24) is 24.1 Å². The molecule has 0 atom stereocenters. The lowest BCUT2D eigenvalue weighted by atomic mass is 10.2. The molecule has 0 radical (unpaired) electrons. The molecule has 32 heavy (non-hydrogen) atoms. The third kappa shape index (κ3) is 5.34. The van der Waals surface area contributed by atoms with Crippen LogP contribution in [0.5, 0.6) is 0 Å². The lowest BCUT2D eigenvalue weighted by molar-refractivity contribution is 0.556. The summed E-state index contributed by atoms with van der Waals surface area (Å²) in [6, 6.07) is 12.6. The van der Waals surface area contributed by atoms with E-state index in [4.69, 9.17) is 23.2 Å². The number of nitrogens with zero attached hydrogens (tertiary/aromatic N) is 5. The van der Waals surface area contributed by atoms with Crippen LogP contribution in [0, 0.1) is 0 Å². The summed E-state index contributed by atoms with van der Waals surface area (Å²) in [6.07, 6.45) is 6.17. The van der Waals surface area contributed by atoms with Crippen molar-refractivity contribution in [3.05, 3.63) is 74.8 Å². The summed E-state index contributed by atoms with van der Waals surface area (Å²) < 4.78 is 3.60. The molecule has 3 heterocycles. The molecule has 9 heteroatoms. The first-order valence-electron chi connectivity index (χ1n) is 10.5. The Bertz CT molecular complexity index is 1270. The molecule has 1 aromatic carbocycles. The van der Waals surface area contributed by atoms with Gasteiger partial charge in [-0.15, -0.1) is 10.2 Å². The SMILES string of the molecule is CCCCCCn1c(SCc2cc(=O)n3cc(Cl)ccc3n2)nnc1-c1ccc(Cl)cc1. The first-order chi connectivity index (χ1) is 15.5. The molecule has 4 aromatic rings. The van der Waals surface area contributed by atoms with Gasteiger partial charge in [0.1, 0.15) is 5.65 Å². The summed E-state index contributed by atoms with van der Waals surface area (Å²) in [6.45, 7) is 3.03. The summed E-state index contributed by atoms with van der Waals surface area (Å²) >= 11 is 13.6. The number of halogens is 2. The molecule has 0 fully saturated rings. The second-order valence-corrected chi connectivity index (χ2v) is 9.29. The highest BCUT2D eigenvalue weighted by Gasteiger charge is 2.15. The third-order valence-corrected chi connectivity index (χ3v) is 6.56. The number of rotatable bonds is 9. The van der Waals surface area contributed by atoms with E-state index < -0.39 is 0 Å². The van der Waals surface area contributed by atoms with E-state index in [-0.39, 0.29) is 5.56 Å². The van der Waals surface area contributed by atoms with Crippen molar-refractivity contribution < 1.29 is 0 Å². The minimum atomic E-state index is -0.156. The van der Waals surface area contributed by atoms with Crippen molar-refractivity contribution in [2.24, 2.45) is 0 Å². The molecule has 6 nitrogen and oxygen atoms in total. The molecule has 0 saturated carbocycles. The molecule has 0 aliphatic carbocycles. The molecule has 0 amide bonds. The van der Waals surface area contributed by atoms with Gasteiger partial charge in [-0.2, -0.15) is 0 Å². The zero-order chi connectivity index (χ0) is 22.5. The van der Waals surface area contributed by atoms with E-state index in [2.05, 4.69) is 26.7 Å². The van der Waals surface area contributed by atoms with Gasteiger partial charge in [0.25, 0.3) is 5.56 Å². The van der Waals surface area contributed by atoms with E-state index in [1.54, 1.807) is 24.4 Å². The number of unbranched alkanes of at least 4 members (excludes halogenated alkanes) is 3. The first-order valence-corrected chi connectivity index (χ1v) is 12.3. The van der Waals surface area contributed by atoms with Gasteiger partial charge in [0.05, 0.1) is 10.7 Å². The Morgan fingerprint density at radius 1 is 0.969 bits per heavy atom. The molecule has 166 valence electrons. The quantitative estimate of drug-likeness (QED) is 0.209. The molecule has 4 rings (SSSR count). The van der Waals surface area contributed by atoms with Gasteiger partial charge in [0.2, 0.25) is 0 Å². The van der Waals surface area contributed by atoms with E-state index in [0.717, 1.165) is 35.9 Å². The number of hydrogen-bond donors (Lipinski definition) is 0. The first kappa shape index (κ1) is 22.8. The molecule has 0 bridgehead atoms. The number of aromatic nitrogens is 5. The summed E-state index contributed by atoms with van der Waals surface area (Å²) in [7, 11) is 0. The summed E-state index contributed by atoms with van der Waals surface area (Å²) in [5.41, 5.74) is 2.08. The Morgan fingerprint density at radius 2 is 1.75 bits per heavy atom. The summed E-state index contributed by atoms with van der Waals surface area (Å²) in [5, 5.41) is 10.9. The van der Waals surface area contributed by atoms with Crippen LogP contribution in [-0.2, 0) is 12.3 Å². The van der Waals surface area contributed by atoms with Gasteiger partial charge < -0.3 is 4.57 Å². The van der Waals surface area contributed by atoms with Gasteiger partial charge in [0.15, 0.2) is 11.0 Å². The highest BCUT2D eigenvalue weighted by Crippen LogP contribution is 2.27. The van der Waals surface area contributed by atoms with Gasteiger partial charge in [-0.25, -0.2) is 4.98 Å². The van der Waals surface area contributed by atoms with Crippen LogP contribution in [0.3, 0.4) is 0 Å². The van der Waals surface area contributed by atoms with Gasteiger partial charge in [0, 0.05) is 35.1 Å². The summed E-state index contributed by atoms with van der Waals surface area (Å²) in [5.74, 6) is 1.34. The molecule has 0 saturated heterocycles. The maximum atomic E-state index is 12.5. The van der Waals surface area contributed by atoms with Gasteiger partial charge in [-0.3, -0.25) is 9.20 Å². The number of hydrogen-bond acceptors (Lipinski definition) is 5. The Kier molecular flexibility index (Phi) is 7.50.